The molecule has 0 spiro atoms. The van der Waals surface area contributed by atoms with Crippen LogP contribution in [0.15, 0.2) is 24.3 Å². The van der Waals surface area contributed by atoms with Gasteiger partial charge in [0, 0.05) is 11.3 Å². The molecule has 0 saturated heterocycles. The summed E-state index contributed by atoms with van der Waals surface area (Å²) < 4.78 is 10.4. The molecular formula is C21H25NO4S. The third-order valence-electron chi connectivity index (χ3n) is 4.70. The van der Waals surface area contributed by atoms with Gasteiger partial charge in [-0.25, -0.2) is 4.79 Å². The van der Waals surface area contributed by atoms with Crippen LogP contribution in [0.2, 0.25) is 0 Å². The third-order valence-corrected chi connectivity index (χ3v) is 5.91. The van der Waals surface area contributed by atoms with Crippen molar-refractivity contribution in [3.63, 3.8) is 0 Å². The first-order valence-corrected chi connectivity index (χ1v) is 10.2. The van der Waals surface area contributed by atoms with Crippen molar-refractivity contribution in [3.05, 3.63) is 45.8 Å². The van der Waals surface area contributed by atoms with Gasteiger partial charge in [-0.3, -0.25) is 4.79 Å². The Morgan fingerprint density at radius 2 is 1.89 bits per heavy atom. The van der Waals surface area contributed by atoms with Crippen molar-refractivity contribution in [1.29, 1.82) is 0 Å². The maximum Gasteiger partial charge on any atom is 0.341 e. The number of carbonyl (C=O) groups is 2. The number of hydrogen-bond donors (Lipinski definition) is 1. The lowest BCUT2D eigenvalue weighted by Gasteiger charge is -2.12. The first kappa shape index (κ1) is 19.4. The molecule has 0 bridgehead atoms. The number of thiophene rings is 1. The van der Waals surface area contributed by atoms with Crippen LogP contribution in [0, 0.1) is 0 Å². The van der Waals surface area contributed by atoms with Gasteiger partial charge in [-0.2, -0.15) is 0 Å². The molecule has 1 aliphatic carbocycles. The molecule has 0 saturated carbocycles. The number of rotatable bonds is 7. The molecule has 0 fully saturated rings. The summed E-state index contributed by atoms with van der Waals surface area (Å²) in [6.07, 6.45) is 5.03. The molecule has 0 atom stereocenters. The Hall–Kier alpha value is -2.34. The zero-order chi connectivity index (χ0) is 19.2. The van der Waals surface area contributed by atoms with Crippen LogP contribution in [0.25, 0.3) is 0 Å². The number of anilines is 1. The molecule has 0 unspecified atom stereocenters. The van der Waals surface area contributed by atoms with Crippen LogP contribution in [-0.4, -0.2) is 25.6 Å². The standard InChI is InChI=1S/C21H25NO4S/c1-3-26-21(24)19-16-6-4-5-7-17(16)27-20(19)22-18(23)13-10-14-8-11-15(25-2)12-9-14/h8-9,11-12H,3-7,10,13H2,1-2H3,(H,22,23). The Labute approximate surface area is 163 Å². The fourth-order valence-corrected chi connectivity index (χ4v) is 4.61. The van der Waals surface area contributed by atoms with Gasteiger partial charge in [-0.05, 0) is 62.3 Å². The average molecular weight is 388 g/mol. The molecule has 1 aromatic carbocycles. The highest BCUT2D eigenvalue weighted by Crippen LogP contribution is 2.38. The number of carbonyl (C=O) groups excluding carboxylic acids is 2. The monoisotopic (exact) mass is 387 g/mol. The van der Waals surface area contributed by atoms with E-state index in [1.807, 2.05) is 24.3 Å². The molecule has 6 heteroatoms. The van der Waals surface area contributed by atoms with Crippen LogP contribution < -0.4 is 10.1 Å². The number of esters is 1. The summed E-state index contributed by atoms with van der Waals surface area (Å²) in [5.41, 5.74) is 2.70. The van der Waals surface area contributed by atoms with Gasteiger partial charge in [0.25, 0.3) is 0 Å². The predicted octanol–water partition coefficient (Wildman–Crippen LogP) is 4.38. The summed E-state index contributed by atoms with van der Waals surface area (Å²) in [6, 6.07) is 7.69. The molecule has 144 valence electrons. The van der Waals surface area contributed by atoms with Gasteiger partial charge in [0.05, 0.1) is 19.3 Å². The highest BCUT2D eigenvalue weighted by Gasteiger charge is 2.27. The summed E-state index contributed by atoms with van der Waals surface area (Å²) >= 11 is 1.52. The molecule has 1 heterocycles. The summed E-state index contributed by atoms with van der Waals surface area (Å²) in [6.45, 7) is 2.12. The Kier molecular flexibility index (Phi) is 6.50. The topological polar surface area (TPSA) is 64.6 Å². The molecule has 0 aliphatic heterocycles. The van der Waals surface area contributed by atoms with Crippen molar-refractivity contribution in [2.45, 2.75) is 45.4 Å². The van der Waals surface area contributed by atoms with Crippen LogP contribution in [0.4, 0.5) is 5.00 Å². The van der Waals surface area contributed by atoms with Crippen LogP contribution in [-0.2, 0) is 28.8 Å². The van der Waals surface area contributed by atoms with Gasteiger partial charge in [0.2, 0.25) is 5.91 Å². The number of methoxy groups -OCH3 is 1. The lowest BCUT2D eigenvalue weighted by atomic mass is 9.95. The third kappa shape index (κ3) is 4.69. The van der Waals surface area contributed by atoms with E-state index >= 15 is 0 Å². The molecule has 27 heavy (non-hydrogen) atoms. The van der Waals surface area contributed by atoms with E-state index in [2.05, 4.69) is 5.32 Å². The van der Waals surface area contributed by atoms with E-state index in [0.717, 1.165) is 42.6 Å². The Morgan fingerprint density at radius 1 is 1.15 bits per heavy atom. The van der Waals surface area contributed by atoms with Crippen molar-refractivity contribution in [3.8, 4) is 5.75 Å². The van der Waals surface area contributed by atoms with Crippen LogP contribution in [0.1, 0.15) is 52.5 Å². The fraction of sp³-hybridized carbons (Fsp3) is 0.429. The molecule has 1 aliphatic rings. The van der Waals surface area contributed by atoms with Crippen LogP contribution >= 0.6 is 11.3 Å². The van der Waals surface area contributed by atoms with Gasteiger partial charge in [-0.1, -0.05) is 12.1 Å². The first-order chi connectivity index (χ1) is 13.1. The van der Waals surface area contributed by atoms with Crippen molar-refractivity contribution >= 4 is 28.2 Å². The normalized spacial score (nSPS) is 13.0. The zero-order valence-electron chi connectivity index (χ0n) is 15.8. The van der Waals surface area contributed by atoms with E-state index in [-0.39, 0.29) is 11.9 Å². The van der Waals surface area contributed by atoms with E-state index in [1.165, 1.54) is 16.2 Å². The number of nitrogens with one attached hydrogen (secondary N) is 1. The minimum Gasteiger partial charge on any atom is -0.497 e. The largest absolute Gasteiger partial charge is 0.497 e. The maximum absolute atomic E-state index is 12.5. The Bertz CT molecular complexity index is 810. The fourth-order valence-electron chi connectivity index (χ4n) is 3.31. The Balaban J connectivity index is 1.69. The van der Waals surface area contributed by atoms with Crippen molar-refractivity contribution in [1.82, 2.24) is 0 Å². The lowest BCUT2D eigenvalue weighted by molar-refractivity contribution is -0.116. The maximum atomic E-state index is 12.5. The smallest absolute Gasteiger partial charge is 0.341 e. The molecular weight excluding hydrogens is 362 g/mol. The number of aryl methyl sites for hydroxylation is 2. The number of fused-ring (bicyclic) bond motifs is 1. The number of benzene rings is 1. The van der Waals surface area contributed by atoms with Gasteiger partial charge < -0.3 is 14.8 Å². The number of amides is 1. The molecule has 1 N–H and O–H groups in total. The summed E-state index contributed by atoms with van der Waals surface area (Å²) in [7, 11) is 1.63. The summed E-state index contributed by atoms with van der Waals surface area (Å²) in [4.78, 5) is 26.1. The van der Waals surface area contributed by atoms with Gasteiger partial charge in [0.15, 0.2) is 0 Å². The average Bonchev–Trinajstić information content (AvgIpc) is 3.04. The molecule has 1 aromatic heterocycles. The van der Waals surface area contributed by atoms with E-state index in [1.54, 1.807) is 14.0 Å². The highest BCUT2D eigenvalue weighted by atomic mass is 32.1. The van der Waals surface area contributed by atoms with E-state index < -0.39 is 0 Å². The number of hydrogen-bond acceptors (Lipinski definition) is 5. The van der Waals surface area contributed by atoms with Crippen LogP contribution in [0.5, 0.6) is 5.75 Å². The minimum atomic E-state index is -0.331. The van der Waals surface area contributed by atoms with Crippen molar-refractivity contribution in [2.24, 2.45) is 0 Å². The minimum absolute atomic E-state index is 0.0880. The second-order valence-corrected chi connectivity index (χ2v) is 7.64. The highest BCUT2D eigenvalue weighted by molar-refractivity contribution is 7.17. The Morgan fingerprint density at radius 3 is 2.59 bits per heavy atom. The van der Waals surface area contributed by atoms with E-state index in [0.29, 0.717) is 30.0 Å². The van der Waals surface area contributed by atoms with E-state index in [9.17, 15) is 9.59 Å². The second kappa shape index (κ2) is 9.04. The molecule has 5 nitrogen and oxygen atoms in total. The quantitative estimate of drug-likeness (QED) is 0.716. The second-order valence-electron chi connectivity index (χ2n) is 6.53. The molecule has 0 radical (unpaired) electrons. The summed E-state index contributed by atoms with van der Waals surface area (Å²) in [5, 5.41) is 3.59. The van der Waals surface area contributed by atoms with Crippen molar-refractivity contribution < 1.29 is 19.1 Å². The van der Waals surface area contributed by atoms with Crippen molar-refractivity contribution in [2.75, 3.05) is 19.0 Å². The molecule has 3 rings (SSSR count). The number of ether oxygens (including phenoxy) is 2. The SMILES string of the molecule is CCOC(=O)c1c(NC(=O)CCc2ccc(OC)cc2)sc2c1CCCC2. The van der Waals surface area contributed by atoms with Gasteiger partial charge in [-0.15, -0.1) is 11.3 Å². The van der Waals surface area contributed by atoms with Gasteiger partial charge in [0.1, 0.15) is 10.8 Å². The lowest BCUT2D eigenvalue weighted by Crippen LogP contribution is -2.16. The van der Waals surface area contributed by atoms with E-state index in [4.69, 9.17) is 9.47 Å². The summed E-state index contributed by atoms with van der Waals surface area (Å²) in [5.74, 6) is 0.378. The van der Waals surface area contributed by atoms with Crippen LogP contribution in [0.3, 0.4) is 0 Å². The first-order valence-electron chi connectivity index (χ1n) is 9.36. The van der Waals surface area contributed by atoms with Gasteiger partial charge >= 0.3 is 5.97 Å². The zero-order valence-corrected chi connectivity index (χ0v) is 16.6. The molecule has 2 aromatic rings. The molecule has 1 amide bonds. The predicted molar refractivity (Wildman–Crippen MR) is 107 cm³/mol.